The van der Waals surface area contributed by atoms with Gasteiger partial charge in [0, 0.05) is 12.1 Å². The Morgan fingerprint density at radius 3 is 2.89 bits per heavy atom. The van der Waals surface area contributed by atoms with E-state index in [0.717, 1.165) is 17.7 Å². The summed E-state index contributed by atoms with van der Waals surface area (Å²) < 4.78 is 1.57. The smallest absolute Gasteiger partial charge is 0.258 e. The Morgan fingerprint density at radius 1 is 1.53 bits per heavy atom. The summed E-state index contributed by atoms with van der Waals surface area (Å²) in [5, 5.41) is 18.9. The topological polar surface area (TPSA) is 73.8 Å². The van der Waals surface area contributed by atoms with Crippen LogP contribution in [0.2, 0.25) is 0 Å². The normalized spacial score (nSPS) is 12.4. The molecule has 1 atom stereocenters. The molecule has 0 saturated heterocycles. The van der Waals surface area contributed by atoms with Crippen LogP contribution < -0.4 is 0 Å². The molecule has 1 aromatic carbocycles. The second kappa shape index (κ2) is 5.48. The SMILES string of the molecule is CCC(Br)c1cn(-c2cc([N+](=O)[O-])ccc2C)nn1. The monoisotopic (exact) mass is 324 g/mol. The highest BCUT2D eigenvalue weighted by molar-refractivity contribution is 9.09. The number of halogens is 1. The summed E-state index contributed by atoms with van der Waals surface area (Å²) in [6, 6.07) is 4.69. The van der Waals surface area contributed by atoms with Crippen molar-refractivity contribution in [2.45, 2.75) is 25.1 Å². The Kier molecular flexibility index (Phi) is 3.94. The van der Waals surface area contributed by atoms with E-state index in [2.05, 4.69) is 26.2 Å². The Labute approximate surface area is 118 Å². The van der Waals surface area contributed by atoms with Gasteiger partial charge in [-0.15, -0.1) is 5.10 Å². The van der Waals surface area contributed by atoms with Crippen molar-refractivity contribution in [1.82, 2.24) is 15.0 Å². The number of rotatable bonds is 4. The predicted molar refractivity (Wildman–Crippen MR) is 74.7 cm³/mol. The van der Waals surface area contributed by atoms with Gasteiger partial charge in [-0.1, -0.05) is 34.1 Å². The predicted octanol–water partition coefficient (Wildman–Crippen LogP) is 3.33. The summed E-state index contributed by atoms with van der Waals surface area (Å²) >= 11 is 3.50. The third-order valence-electron chi connectivity index (χ3n) is 2.84. The molecule has 1 aromatic heterocycles. The van der Waals surface area contributed by atoms with Crippen LogP contribution in [0.4, 0.5) is 5.69 Å². The van der Waals surface area contributed by atoms with Gasteiger partial charge in [0.2, 0.25) is 0 Å². The third kappa shape index (κ3) is 2.81. The summed E-state index contributed by atoms with van der Waals surface area (Å²) in [6.07, 6.45) is 2.68. The van der Waals surface area contributed by atoms with Crippen LogP contribution in [0.3, 0.4) is 0 Å². The van der Waals surface area contributed by atoms with Gasteiger partial charge in [0.15, 0.2) is 0 Å². The largest absolute Gasteiger partial charge is 0.271 e. The average molecular weight is 325 g/mol. The first-order valence-electron chi connectivity index (χ1n) is 5.84. The fourth-order valence-electron chi connectivity index (χ4n) is 1.71. The zero-order valence-corrected chi connectivity index (χ0v) is 12.2. The Hall–Kier alpha value is -1.76. The van der Waals surface area contributed by atoms with Crippen molar-refractivity contribution in [3.05, 3.63) is 45.8 Å². The van der Waals surface area contributed by atoms with Gasteiger partial charge in [0.05, 0.1) is 27.3 Å². The Balaban J connectivity index is 2.43. The number of hydrogen-bond acceptors (Lipinski definition) is 4. The zero-order valence-electron chi connectivity index (χ0n) is 10.6. The van der Waals surface area contributed by atoms with E-state index in [9.17, 15) is 10.1 Å². The third-order valence-corrected chi connectivity index (χ3v) is 3.96. The number of non-ortho nitro benzene ring substituents is 1. The molecule has 100 valence electrons. The number of alkyl halides is 1. The fraction of sp³-hybridized carbons (Fsp3) is 0.333. The molecular weight excluding hydrogens is 312 g/mol. The van der Waals surface area contributed by atoms with E-state index >= 15 is 0 Å². The fourth-order valence-corrected chi connectivity index (χ4v) is 1.92. The summed E-state index contributed by atoms with van der Waals surface area (Å²) in [7, 11) is 0. The summed E-state index contributed by atoms with van der Waals surface area (Å²) in [5.74, 6) is 0. The van der Waals surface area contributed by atoms with Crippen molar-refractivity contribution in [2.24, 2.45) is 0 Å². The van der Waals surface area contributed by atoms with Crippen LogP contribution in [0.1, 0.15) is 29.4 Å². The lowest BCUT2D eigenvalue weighted by molar-refractivity contribution is -0.384. The van der Waals surface area contributed by atoms with Gasteiger partial charge in [0.1, 0.15) is 0 Å². The molecule has 0 saturated carbocycles. The van der Waals surface area contributed by atoms with E-state index in [0.29, 0.717) is 5.69 Å². The van der Waals surface area contributed by atoms with Crippen LogP contribution in [0.25, 0.3) is 5.69 Å². The minimum absolute atomic E-state index is 0.0449. The maximum absolute atomic E-state index is 10.8. The van der Waals surface area contributed by atoms with E-state index in [1.165, 1.54) is 12.1 Å². The standard InChI is InChI=1S/C12H13BrN4O2/c1-3-10(13)11-7-16(15-14-11)12-6-9(17(18)19)5-4-8(12)2/h4-7,10H,3H2,1-2H3. The molecule has 0 aliphatic carbocycles. The van der Waals surface area contributed by atoms with Gasteiger partial charge < -0.3 is 0 Å². The molecule has 7 heteroatoms. The van der Waals surface area contributed by atoms with Crippen LogP contribution in [0.15, 0.2) is 24.4 Å². The van der Waals surface area contributed by atoms with Gasteiger partial charge in [-0.25, -0.2) is 4.68 Å². The van der Waals surface area contributed by atoms with E-state index in [-0.39, 0.29) is 10.5 Å². The molecule has 6 nitrogen and oxygen atoms in total. The second-order valence-corrected chi connectivity index (χ2v) is 5.30. The first kappa shape index (κ1) is 13.7. The number of aromatic nitrogens is 3. The molecule has 19 heavy (non-hydrogen) atoms. The first-order valence-corrected chi connectivity index (χ1v) is 6.76. The molecule has 0 amide bonds. The number of benzene rings is 1. The quantitative estimate of drug-likeness (QED) is 0.491. The number of hydrogen-bond donors (Lipinski definition) is 0. The van der Waals surface area contributed by atoms with Crippen molar-refractivity contribution in [1.29, 1.82) is 0 Å². The number of nitrogens with zero attached hydrogens (tertiary/aromatic N) is 4. The molecule has 0 bridgehead atoms. The molecule has 0 spiro atoms. The van der Waals surface area contributed by atoms with Crippen LogP contribution in [0, 0.1) is 17.0 Å². The zero-order chi connectivity index (χ0) is 14.0. The van der Waals surface area contributed by atoms with Crippen molar-refractivity contribution >= 4 is 21.6 Å². The van der Waals surface area contributed by atoms with E-state index < -0.39 is 4.92 Å². The van der Waals surface area contributed by atoms with Crippen molar-refractivity contribution in [2.75, 3.05) is 0 Å². The van der Waals surface area contributed by atoms with Crippen LogP contribution in [0.5, 0.6) is 0 Å². The highest BCUT2D eigenvalue weighted by atomic mass is 79.9. The minimum Gasteiger partial charge on any atom is -0.258 e. The highest BCUT2D eigenvalue weighted by Gasteiger charge is 2.14. The lowest BCUT2D eigenvalue weighted by atomic mass is 10.2. The maximum atomic E-state index is 10.8. The molecule has 1 heterocycles. The molecule has 0 N–H and O–H groups in total. The molecular formula is C12H13BrN4O2. The Bertz CT molecular complexity index is 612. The van der Waals surface area contributed by atoms with Crippen molar-refractivity contribution < 1.29 is 4.92 Å². The minimum atomic E-state index is -0.417. The molecule has 0 fully saturated rings. The molecule has 0 aliphatic rings. The summed E-state index contributed by atoms with van der Waals surface area (Å²) in [6.45, 7) is 3.92. The maximum Gasteiger partial charge on any atom is 0.271 e. The molecule has 1 unspecified atom stereocenters. The molecule has 2 aromatic rings. The van der Waals surface area contributed by atoms with Crippen molar-refractivity contribution in [3.8, 4) is 5.69 Å². The lowest BCUT2D eigenvalue weighted by Gasteiger charge is -2.04. The molecule has 0 aliphatic heterocycles. The molecule has 2 rings (SSSR count). The van der Waals surface area contributed by atoms with E-state index in [4.69, 9.17) is 0 Å². The summed E-state index contributed by atoms with van der Waals surface area (Å²) in [4.78, 5) is 10.5. The van der Waals surface area contributed by atoms with Gasteiger partial charge in [-0.05, 0) is 18.9 Å². The van der Waals surface area contributed by atoms with Gasteiger partial charge in [-0.3, -0.25) is 10.1 Å². The number of nitro benzene ring substituents is 1. The average Bonchev–Trinajstić information content (AvgIpc) is 2.87. The van der Waals surface area contributed by atoms with E-state index in [1.807, 2.05) is 13.8 Å². The van der Waals surface area contributed by atoms with Crippen LogP contribution in [-0.4, -0.2) is 19.9 Å². The van der Waals surface area contributed by atoms with Gasteiger partial charge >= 0.3 is 0 Å². The second-order valence-electron chi connectivity index (χ2n) is 4.19. The van der Waals surface area contributed by atoms with Gasteiger partial charge in [0.25, 0.3) is 5.69 Å². The molecule has 0 radical (unpaired) electrons. The van der Waals surface area contributed by atoms with Crippen molar-refractivity contribution in [3.63, 3.8) is 0 Å². The van der Waals surface area contributed by atoms with Crippen LogP contribution in [-0.2, 0) is 0 Å². The number of aryl methyl sites for hydroxylation is 1. The summed E-state index contributed by atoms with van der Waals surface area (Å²) in [5.41, 5.74) is 2.44. The Morgan fingerprint density at radius 2 is 2.26 bits per heavy atom. The van der Waals surface area contributed by atoms with Gasteiger partial charge in [-0.2, -0.15) is 0 Å². The van der Waals surface area contributed by atoms with Crippen LogP contribution >= 0.6 is 15.9 Å². The van der Waals surface area contributed by atoms with E-state index in [1.54, 1.807) is 16.9 Å². The lowest BCUT2D eigenvalue weighted by Crippen LogP contribution is -1.99. The number of nitro groups is 1. The highest BCUT2D eigenvalue weighted by Crippen LogP contribution is 2.25. The first-order chi connectivity index (χ1) is 9.02.